The molecular weight excluding hydrogens is 178 g/mol. The number of carbonyl (C=O) groups is 1. The Morgan fingerprint density at radius 1 is 1.50 bits per heavy atom. The minimum atomic E-state index is -0.688. The normalized spacial score (nSPS) is 21.9. The number of carboxylic acid groups (broad SMARTS) is 1. The first-order valence-corrected chi connectivity index (χ1v) is 5.41. The number of hydrogen-bond donors (Lipinski definition) is 2. The highest BCUT2D eigenvalue weighted by molar-refractivity contribution is 5.66. The lowest BCUT2D eigenvalue weighted by Crippen LogP contribution is -2.18. The van der Waals surface area contributed by atoms with Crippen LogP contribution in [0.15, 0.2) is 12.2 Å². The van der Waals surface area contributed by atoms with E-state index in [1.54, 1.807) is 0 Å². The summed E-state index contributed by atoms with van der Waals surface area (Å²) in [5.41, 5.74) is 0. The van der Waals surface area contributed by atoms with Crippen molar-refractivity contribution in [3.05, 3.63) is 12.2 Å². The molecule has 14 heavy (non-hydrogen) atoms. The number of allylic oxidation sites excluding steroid dienone is 1. The van der Waals surface area contributed by atoms with E-state index in [-0.39, 0.29) is 0 Å². The molecule has 0 aromatic rings. The minimum Gasteiger partial charge on any atom is -0.481 e. The summed E-state index contributed by atoms with van der Waals surface area (Å²) in [4.78, 5) is 10.2. The quantitative estimate of drug-likeness (QED) is 0.505. The van der Waals surface area contributed by atoms with Gasteiger partial charge in [0, 0.05) is 12.5 Å². The maximum atomic E-state index is 10.2. The van der Waals surface area contributed by atoms with Gasteiger partial charge in [0.15, 0.2) is 0 Å². The van der Waals surface area contributed by atoms with Crippen LogP contribution in [-0.4, -0.2) is 23.7 Å². The molecule has 1 aliphatic rings. The topological polar surface area (TPSA) is 49.3 Å². The van der Waals surface area contributed by atoms with E-state index in [0.717, 1.165) is 25.8 Å². The van der Waals surface area contributed by atoms with Crippen molar-refractivity contribution in [2.75, 3.05) is 6.54 Å². The molecule has 3 heteroatoms. The van der Waals surface area contributed by atoms with Gasteiger partial charge in [-0.1, -0.05) is 12.2 Å². The van der Waals surface area contributed by atoms with Gasteiger partial charge in [0.25, 0.3) is 0 Å². The van der Waals surface area contributed by atoms with E-state index < -0.39 is 5.97 Å². The van der Waals surface area contributed by atoms with Gasteiger partial charge in [0.05, 0.1) is 0 Å². The molecule has 1 atom stereocenters. The predicted octanol–water partition coefficient (Wildman–Crippen LogP) is 1.94. The molecule has 1 fully saturated rings. The van der Waals surface area contributed by atoms with E-state index in [4.69, 9.17) is 5.11 Å². The summed E-state index contributed by atoms with van der Waals surface area (Å²) < 4.78 is 0. The van der Waals surface area contributed by atoms with Crippen LogP contribution in [-0.2, 0) is 4.79 Å². The molecule has 80 valence electrons. The van der Waals surface area contributed by atoms with Crippen LogP contribution in [0.4, 0.5) is 0 Å². The van der Waals surface area contributed by atoms with E-state index in [2.05, 4.69) is 17.5 Å². The number of hydrogen-bond acceptors (Lipinski definition) is 2. The van der Waals surface area contributed by atoms with Gasteiger partial charge in [-0.2, -0.15) is 0 Å². The van der Waals surface area contributed by atoms with Crippen LogP contribution in [0.3, 0.4) is 0 Å². The van der Waals surface area contributed by atoms with Crippen molar-refractivity contribution in [1.29, 1.82) is 0 Å². The highest BCUT2D eigenvalue weighted by Gasteiger charge is 2.08. The second-order valence-corrected chi connectivity index (χ2v) is 3.77. The number of unbranched alkanes of at least 4 members (excludes halogenated alkanes) is 2. The van der Waals surface area contributed by atoms with Crippen molar-refractivity contribution in [2.24, 2.45) is 0 Å². The molecule has 0 saturated carbocycles. The summed E-state index contributed by atoms with van der Waals surface area (Å²) in [5, 5.41) is 11.8. The van der Waals surface area contributed by atoms with Gasteiger partial charge in [-0.3, -0.25) is 4.79 Å². The third-order valence-electron chi connectivity index (χ3n) is 2.48. The molecule has 1 unspecified atom stereocenters. The zero-order chi connectivity index (χ0) is 10.2. The van der Waals surface area contributed by atoms with Crippen molar-refractivity contribution in [3.63, 3.8) is 0 Å². The molecule has 0 aliphatic carbocycles. The molecule has 0 bridgehead atoms. The number of rotatable bonds is 6. The number of carboxylic acids is 1. The van der Waals surface area contributed by atoms with Gasteiger partial charge in [-0.05, 0) is 38.6 Å². The lowest BCUT2D eigenvalue weighted by Gasteiger charge is -2.01. The Kier molecular flexibility index (Phi) is 5.30. The van der Waals surface area contributed by atoms with Crippen molar-refractivity contribution in [3.8, 4) is 0 Å². The Hall–Kier alpha value is -0.830. The van der Waals surface area contributed by atoms with Crippen molar-refractivity contribution < 1.29 is 9.90 Å². The second-order valence-electron chi connectivity index (χ2n) is 3.77. The van der Waals surface area contributed by atoms with Crippen LogP contribution < -0.4 is 5.32 Å². The molecule has 0 radical (unpaired) electrons. The predicted molar refractivity (Wildman–Crippen MR) is 56.3 cm³/mol. The molecule has 0 aromatic heterocycles. The van der Waals surface area contributed by atoms with Gasteiger partial charge in [0.1, 0.15) is 0 Å². The summed E-state index contributed by atoms with van der Waals surface area (Å²) >= 11 is 0. The van der Waals surface area contributed by atoms with E-state index in [1.807, 2.05) is 0 Å². The minimum absolute atomic E-state index is 0.301. The molecule has 1 saturated heterocycles. The van der Waals surface area contributed by atoms with E-state index >= 15 is 0 Å². The summed E-state index contributed by atoms with van der Waals surface area (Å²) in [6.07, 6.45) is 9.98. The largest absolute Gasteiger partial charge is 0.481 e. The Morgan fingerprint density at radius 3 is 3.00 bits per heavy atom. The van der Waals surface area contributed by atoms with Gasteiger partial charge < -0.3 is 10.4 Å². The maximum absolute atomic E-state index is 10.2. The summed E-state index contributed by atoms with van der Waals surface area (Å²) in [6.45, 7) is 1.13. The lowest BCUT2D eigenvalue weighted by molar-refractivity contribution is -0.137. The third-order valence-corrected chi connectivity index (χ3v) is 2.48. The number of aliphatic carboxylic acids is 1. The first-order valence-electron chi connectivity index (χ1n) is 5.41. The Labute approximate surface area is 85.2 Å². The van der Waals surface area contributed by atoms with Gasteiger partial charge in [-0.25, -0.2) is 0 Å². The molecule has 0 amide bonds. The zero-order valence-electron chi connectivity index (χ0n) is 8.54. The molecule has 1 rings (SSSR count). The van der Waals surface area contributed by atoms with Crippen LogP contribution in [0.25, 0.3) is 0 Å². The van der Waals surface area contributed by atoms with Crippen LogP contribution >= 0.6 is 0 Å². The van der Waals surface area contributed by atoms with Crippen molar-refractivity contribution >= 4 is 5.97 Å². The fourth-order valence-corrected chi connectivity index (χ4v) is 1.67. The van der Waals surface area contributed by atoms with E-state index in [1.165, 1.54) is 12.8 Å². The Morgan fingerprint density at radius 2 is 2.36 bits per heavy atom. The summed E-state index contributed by atoms with van der Waals surface area (Å²) in [5.74, 6) is -0.688. The van der Waals surface area contributed by atoms with Gasteiger partial charge >= 0.3 is 5.97 Å². The summed E-state index contributed by atoms with van der Waals surface area (Å²) in [7, 11) is 0. The van der Waals surface area contributed by atoms with Crippen molar-refractivity contribution in [1.82, 2.24) is 5.32 Å². The average molecular weight is 197 g/mol. The van der Waals surface area contributed by atoms with Crippen LogP contribution in [0.2, 0.25) is 0 Å². The molecule has 3 nitrogen and oxygen atoms in total. The zero-order valence-corrected chi connectivity index (χ0v) is 8.54. The Bertz CT molecular complexity index is 195. The Balaban J connectivity index is 1.94. The lowest BCUT2D eigenvalue weighted by atomic mass is 10.1. The fourth-order valence-electron chi connectivity index (χ4n) is 1.67. The highest BCUT2D eigenvalue weighted by Crippen LogP contribution is 2.07. The SMILES string of the molecule is O=C(O)CCCCC=CC1CCCN1. The molecule has 1 aliphatic heterocycles. The first-order chi connectivity index (χ1) is 6.79. The average Bonchev–Trinajstić information content (AvgIpc) is 2.63. The number of nitrogens with one attached hydrogen (secondary N) is 1. The molecular formula is C11H19NO2. The molecule has 1 heterocycles. The van der Waals surface area contributed by atoms with Crippen LogP contribution in [0, 0.1) is 0 Å². The van der Waals surface area contributed by atoms with E-state index in [0.29, 0.717) is 12.5 Å². The molecule has 0 spiro atoms. The summed E-state index contributed by atoms with van der Waals surface area (Å²) in [6, 6.07) is 0.564. The first kappa shape index (κ1) is 11.2. The van der Waals surface area contributed by atoms with Gasteiger partial charge in [-0.15, -0.1) is 0 Å². The van der Waals surface area contributed by atoms with Crippen molar-refractivity contribution in [2.45, 2.75) is 44.6 Å². The van der Waals surface area contributed by atoms with Gasteiger partial charge in [0.2, 0.25) is 0 Å². The molecule has 2 N–H and O–H groups in total. The van der Waals surface area contributed by atoms with E-state index in [9.17, 15) is 4.79 Å². The third kappa shape index (κ3) is 5.02. The van der Waals surface area contributed by atoms with Crippen LogP contribution in [0.5, 0.6) is 0 Å². The smallest absolute Gasteiger partial charge is 0.303 e. The standard InChI is InChI=1S/C11H19NO2/c13-11(14)8-4-2-1-3-6-10-7-5-9-12-10/h3,6,10,12H,1-2,4-5,7-9H2,(H,13,14). The maximum Gasteiger partial charge on any atom is 0.303 e. The monoisotopic (exact) mass is 197 g/mol. The highest BCUT2D eigenvalue weighted by atomic mass is 16.4. The molecule has 0 aromatic carbocycles. The second kappa shape index (κ2) is 6.60. The fraction of sp³-hybridized carbons (Fsp3) is 0.727. The van der Waals surface area contributed by atoms with Crippen LogP contribution in [0.1, 0.15) is 38.5 Å².